The van der Waals surface area contributed by atoms with Gasteiger partial charge in [0.2, 0.25) is 11.8 Å². The molecule has 4 heteroatoms. The molecule has 0 spiro atoms. The van der Waals surface area contributed by atoms with E-state index in [1.807, 2.05) is 41.3 Å². The first-order valence-electron chi connectivity index (χ1n) is 9.44. The molecule has 0 aromatic heterocycles. The highest BCUT2D eigenvalue weighted by Crippen LogP contribution is 2.38. The summed E-state index contributed by atoms with van der Waals surface area (Å²) in [5, 5.41) is 0. The van der Waals surface area contributed by atoms with E-state index in [2.05, 4.69) is 12.1 Å². The van der Waals surface area contributed by atoms with Crippen molar-refractivity contribution in [3.63, 3.8) is 0 Å². The average molecular weight is 350 g/mol. The molecule has 0 saturated carbocycles. The molecule has 2 amide bonds. The van der Waals surface area contributed by atoms with Crippen molar-refractivity contribution in [1.82, 2.24) is 0 Å². The molecule has 0 saturated heterocycles. The molecule has 0 fully saturated rings. The summed E-state index contributed by atoms with van der Waals surface area (Å²) in [5.74, 6) is -0.0793. The number of rotatable bonds is 8. The van der Waals surface area contributed by atoms with Gasteiger partial charge in [0.15, 0.2) is 0 Å². The minimum atomic E-state index is -0.234. The lowest BCUT2D eigenvalue weighted by Crippen LogP contribution is -2.30. The van der Waals surface area contributed by atoms with Crippen LogP contribution in [0.3, 0.4) is 0 Å². The van der Waals surface area contributed by atoms with E-state index in [9.17, 15) is 9.59 Å². The Morgan fingerprint density at radius 3 is 1.85 bits per heavy atom. The van der Waals surface area contributed by atoms with Crippen LogP contribution >= 0.6 is 0 Å². The fourth-order valence-corrected chi connectivity index (χ4v) is 3.58. The van der Waals surface area contributed by atoms with Gasteiger partial charge in [-0.1, -0.05) is 55.7 Å². The minimum Gasteiger partial charge on any atom is -0.370 e. The molecule has 1 aliphatic rings. The number of nitrogens with zero attached hydrogens (tertiary/aromatic N) is 1. The van der Waals surface area contributed by atoms with Crippen molar-refractivity contribution in [3.05, 3.63) is 59.7 Å². The Morgan fingerprint density at radius 1 is 0.769 bits per heavy atom. The van der Waals surface area contributed by atoms with E-state index in [0.29, 0.717) is 12.8 Å². The number of primary amides is 1. The first kappa shape index (κ1) is 18.2. The zero-order valence-corrected chi connectivity index (χ0v) is 15.1. The highest BCUT2D eigenvalue weighted by molar-refractivity contribution is 6.03. The van der Waals surface area contributed by atoms with Crippen molar-refractivity contribution in [2.24, 2.45) is 5.73 Å². The van der Waals surface area contributed by atoms with Gasteiger partial charge in [0, 0.05) is 19.3 Å². The van der Waals surface area contributed by atoms with E-state index in [1.165, 1.54) is 11.1 Å². The molecule has 0 unspecified atom stereocenters. The third-order valence-corrected chi connectivity index (χ3v) is 4.91. The van der Waals surface area contributed by atoms with Gasteiger partial charge >= 0.3 is 0 Å². The van der Waals surface area contributed by atoms with Gasteiger partial charge in [0.05, 0.1) is 11.4 Å². The Labute approximate surface area is 155 Å². The van der Waals surface area contributed by atoms with E-state index in [-0.39, 0.29) is 11.8 Å². The Kier molecular flexibility index (Phi) is 6.05. The number of hydrogen-bond donors (Lipinski definition) is 1. The van der Waals surface area contributed by atoms with Crippen LogP contribution in [0.4, 0.5) is 11.4 Å². The molecule has 1 heterocycles. The number of hydrogen-bond acceptors (Lipinski definition) is 2. The van der Waals surface area contributed by atoms with Crippen molar-refractivity contribution in [1.29, 1.82) is 0 Å². The van der Waals surface area contributed by atoms with Crippen LogP contribution in [-0.4, -0.2) is 11.8 Å². The van der Waals surface area contributed by atoms with Crippen molar-refractivity contribution >= 4 is 23.2 Å². The lowest BCUT2D eigenvalue weighted by molar-refractivity contribution is -0.118. The maximum Gasteiger partial charge on any atom is 0.231 e. The molecule has 0 bridgehead atoms. The molecule has 4 nitrogen and oxygen atoms in total. The summed E-state index contributed by atoms with van der Waals surface area (Å²) in [6.45, 7) is 0. The predicted octanol–water partition coefficient (Wildman–Crippen LogP) is 4.47. The van der Waals surface area contributed by atoms with Crippen LogP contribution < -0.4 is 10.6 Å². The van der Waals surface area contributed by atoms with Crippen LogP contribution in [0.2, 0.25) is 0 Å². The highest BCUT2D eigenvalue weighted by atomic mass is 16.2. The third kappa shape index (κ3) is 4.31. The summed E-state index contributed by atoms with van der Waals surface area (Å²) in [7, 11) is 0. The van der Waals surface area contributed by atoms with Gasteiger partial charge in [0.1, 0.15) is 0 Å². The minimum absolute atomic E-state index is 0.154. The average Bonchev–Trinajstić information content (AvgIpc) is 2.64. The van der Waals surface area contributed by atoms with E-state index in [1.54, 1.807) is 0 Å². The van der Waals surface area contributed by atoms with Crippen molar-refractivity contribution in [3.8, 4) is 0 Å². The summed E-state index contributed by atoms with van der Waals surface area (Å²) in [5.41, 5.74) is 9.57. The number of carbonyl (C=O) groups excluding carboxylic acids is 2. The second-order valence-electron chi connectivity index (χ2n) is 6.90. The fourth-order valence-electron chi connectivity index (χ4n) is 3.58. The Bertz CT molecular complexity index is 740. The molecule has 3 rings (SSSR count). The van der Waals surface area contributed by atoms with E-state index >= 15 is 0 Å². The quantitative estimate of drug-likeness (QED) is 0.714. The number of amides is 2. The van der Waals surface area contributed by atoms with Crippen LogP contribution in [-0.2, 0) is 16.0 Å². The van der Waals surface area contributed by atoms with Crippen LogP contribution in [0.25, 0.3) is 0 Å². The topological polar surface area (TPSA) is 63.4 Å². The van der Waals surface area contributed by atoms with Gasteiger partial charge in [-0.2, -0.15) is 0 Å². The van der Waals surface area contributed by atoms with Crippen LogP contribution in [0.5, 0.6) is 0 Å². The summed E-state index contributed by atoms with van der Waals surface area (Å²) in [6, 6.07) is 16.3. The molecule has 0 atom stereocenters. The number of anilines is 2. The summed E-state index contributed by atoms with van der Waals surface area (Å²) in [4.78, 5) is 25.6. The molecule has 0 aliphatic carbocycles. The summed E-state index contributed by atoms with van der Waals surface area (Å²) >= 11 is 0. The van der Waals surface area contributed by atoms with Crippen molar-refractivity contribution in [2.75, 3.05) is 4.90 Å². The Balaban J connectivity index is 1.60. The highest BCUT2D eigenvalue weighted by Gasteiger charge is 2.26. The van der Waals surface area contributed by atoms with Crippen LogP contribution in [0.1, 0.15) is 56.1 Å². The SMILES string of the molecule is NC(=O)CCCCCCCC(=O)N1c2ccccc2Cc2ccccc21. The molecule has 26 heavy (non-hydrogen) atoms. The smallest absolute Gasteiger partial charge is 0.231 e. The second-order valence-corrected chi connectivity index (χ2v) is 6.90. The lowest BCUT2D eigenvalue weighted by atomic mass is 9.95. The number of fused-ring (bicyclic) bond motifs is 2. The zero-order chi connectivity index (χ0) is 18.4. The first-order chi connectivity index (χ1) is 12.7. The molecule has 2 aromatic rings. The largest absolute Gasteiger partial charge is 0.370 e. The maximum atomic E-state index is 13.0. The van der Waals surface area contributed by atoms with Crippen LogP contribution in [0.15, 0.2) is 48.5 Å². The predicted molar refractivity (Wildman–Crippen MR) is 104 cm³/mol. The van der Waals surface area contributed by atoms with Crippen LogP contribution in [0, 0.1) is 0 Å². The number of nitrogens with two attached hydrogens (primary N) is 1. The van der Waals surface area contributed by atoms with E-state index in [0.717, 1.165) is 49.9 Å². The number of unbranched alkanes of at least 4 members (excludes halogenated alkanes) is 4. The van der Waals surface area contributed by atoms with Crippen molar-refractivity contribution in [2.45, 2.75) is 51.4 Å². The lowest BCUT2D eigenvalue weighted by Gasteiger charge is -2.31. The monoisotopic (exact) mass is 350 g/mol. The van der Waals surface area contributed by atoms with Gasteiger partial charge in [-0.05, 0) is 36.1 Å². The van der Waals surface area contributed by atoms with E-state index < -0.39 is 0 Å². The third-order valence-electron chi connectivity index (χ3n) is 4.91. The Morgan fingerprint density at radius 2 is 1.27 bits per heavy atom. The summed E-state index contributed by atoms with van der Waals surface area (Å²) < 4.78 is 0. The molecular weight excluding hydrogens is 324 g/mol. The van der Waals surface area contributed by atoms with Gasteiger partial charge < -0.3 is 5.73 Å². The van der Waals surface area contributed by atoms with E-state index in [4.69, 9.17) is 5.73 Å². The number of carbonyl (C=O) groups is 2. The summed E-state index contributed by atoms with van der Waals surface area (Å²) in [6.07, 6.45) is 6.61. The van der Waals surface area contributed by atoms with Gasteiger partial charge in [0.25, 0.3) is 0 Å². The molecule has 0 radical (unpaired) electrons. The maximum absolute atomic E-state index is 13.0. The zero-order valence-electron chi connectivity index (χ0n) is 15.1. The van der Waals surface area contributed by atoms with Gasteiger partial charge in [-0.3, -0.25) is 14.5 Å². The second kappa shape index (κ2) is 8.65. The van der Waals surface area contributed by atoms with Crippen molar-refractivity contribution < 1.29 is 9.59 Å². The number of benzene rings is 2. The molecule has 2 aromatic carbocycles. The van der Waals surface area contributed by atoms with Gasteiger partial charge in [-0.15, -0.1) is 0 Å². The molecular formula is C22H26N2O2. The molecule has 136 valence electrons. The first-order valence-corrected chi connectivity index (χ1v) is 9.44. The Hall–Kier alpha value is -2.62. The fraction of sp³-hybridized carbons (Fsp3) is 0.364. The molecule has 1 aliphatic heterocycles. The van der Waals surface area contributed by atoms with Gasteiger partial charge in [-0.25, -0.2) is 0 Å². The standard InChI is InChI=1S/C22H26N2O2/c23-21(25)14-4-2-1-3-5-15-22(26)24-19-12-8-6-10-17(19)16-18-11-7-9-13-20(18)24/h6-13H,1-5,14-16H2,(H2,23,25). The molecule has 2 N–H and O–H groups in total. The number of para-hydroxylation sites is 2. The normalized spacial score (nSPS) is 12.4.